The van der Waals surface area contributed by atoms with Crippen molar-refractivity contribution in [3.8, 4) is 0 Å². The predicted molar refractivity (Wildman–Crippen MR) is 62.7 cm³/mol. The van der Waals surface area contributed by atoms with E-state index in [9.17, 15) is 0 Å². The average Bonchev–Trinajstić information content (AvgIpc) is 2.88. The number of aromatic nitrogens is 2. The van der Waals surface area contributed by atoms with Crippen LogP contribution in [-0.4, -0.2) is 34.8 Å². The van der Waals surface area contributed by atoms with Gasteiger partial charge in [0.05, 0.1) is 0 Å². The summed E-state index contributed by atoms with van der Waals surface area (Å²) in [6.45, 7) is 1.82. The molecule has 15 heavy (non-hydrogen) atoms. The van der Waals surface area contributed by atoms with E-state index in [1.165, 1.54) is 12.2 Å². The normalized spacial score (nSPS) is 23.0. The molecular weight excluding hydrogens is 234 g/mol. The molecule has 6 heteroatoms. The van der Waals surface area contributed by atoms with Gasteiger partial charge in [-0.25, -0.2) is 0 Å². The van der Waals surface area contributed by atoms with Gasteiger partial charge in [0.15, 0.2) is 0 Å². The fourth-order valence-corrected chi connectivity index (χ4v) is 2.87. The van der Waals surface area contributed by atoms with Crippen molar-refractivity contribution in [1.29, 1.82) is 0 Å². The lowest BCUT2D eigenvalue weighted by molar-refractivity contribution is 0.478. The Morgan fingerprint density at radius 1 is 1.60 bits per heavy atom. The van der Waals surface area contributed by atoms with Crippen LogP contribution in [0.2, 0.25) is 0 Å². The number of thioether (sulfide) groups is 1. The summed E-state index contributed by atoms with van der Waals surface area (Å²) >= 11 is 7.82. The van der Waals surface area contributed by atoms with Gasteiger partial charge in [0.2, 0.25) is 5.89 Å². The van der Waals surface area contributed by atoms with Crippen molar-refractivity contribution in [2.75, 3.05) is 23.5 Å². The maximum atomic E-state index is 5.86. The van der Waals surface area contributed by atoms with Crippen LogP contribution in [0.3, 0.4) is 0 Å². The molecule has 0 aromatic carbocycles. The molecule has 0 radical (unpaired) electrons. The van der Waals surface area contributed by atoms with Crippen molar-refractivity contribution in [2.24, 2.45) is 0 Å². The zero-order chi connectivity index (χ0) is 10.8. The highest BCUT2D eigenvalue weighted by Crippen LogP contribution is 2.27. The van der Waals surface area contributed by atoms with Crippen LogP contribution in [0.25, 0.3) is 0 Å². The van der Waals surface area contributed by atoms with Gasteiger partial charge >= 0.3 is 6.01 Å². The summed E-state index contributed by atoms with van der Waals surface area (Å²) in [5.41, 5.74) is 0. The SMILES string of the molecule is CC(Cl)c1nnc(N(C)C2CCSC2)o1. The van der Waals surface area contributed by atoms with E-state index >= 15 is 0 Å². The zero-order valence-corrected chi connectivity index (χ0v) is 10.4. The van der Waals surface area contributed by atoms with Gasteiger partial charge in [-0.3, -0.25) is 0 Å². The molecule has 2 unspecified atom stereocenters. The zero-order valence-electron chi connectivity index (χ0n) is 8.81. The quantitative estimate of drug-likeness (QED) is 0.767. The largest absolute Gasteiger partial charge is 0.406 e. The first kappa shape index (κ1) is 11.1. The van der Waals surface area contributed by atoms with Crippen LogP contribution in [-0.2, 0) is 0 Å². The van der Waals surface area contributed by atoms with Crippen molar-refractivity contribution >= 4 is 29.4 Å². The number of halogens is 1. The highest BCUT2D eigenvalue weighted by molar-refractivity contribution is 7.99. The highest BCUT2D eigenvalue weighted by atomic mass is 35.5. The predicted octanol–water partition coefficient (Wildman–Crippen LogP) is 2.31. The molecule has 1 aliphatic heterocycles. The van der Waals surface area contributed by atoms with Gasteiger partial charge < -0.3 is 9.32 Å². The molecule has 0 saturated carbocycles. The average molecular weight is 248 g/mol. The lowest BCUT2D eigenvalue weighted by atomic mass is 10.2. The number of alkyl halides is 1. The van der Waals surface area contributed by atoms with Gasteiger partial charge in [-0.15, -0.1) is 16.7 Å². The second kappa shape index (κ2) is 4.61. The van der Waals surface area contributed by atoms with Crippen molar-refractivity contribution in [3.05, 3.63) is 5.89 Å². The van der Waals surface area contributed by atoms with Gasteiger partial charge in [0, 0.05) is 18.8 Å². The Kier molecular flexibility index (Phi) is 3.41. The van der Waals surface area contributed by atoms with Crippen LogP contribution in [0.1, 0.15) is 24.6 Å². The van der Waals surface area contributed by atoms with Crippen LogP contribution in [0, 0.1) is 0 Å². The maximum Gasteiger partial charge on any atom is 0.318 e. The Bertz CT molecular complexity index is 325. The summed E-state index contributed by atoms with van der Waals surface area (Å²) in [6.07, 6.45) is 1.18. The molecule has 1 fully saturated rings. The van der Waals surface area contributed by atoms with Crippen LogP contribution < -0.4 is 4.90 Å². The minimum absolute atomic E-state index is 0.224. The summed E-state index contributed by atoms with van der Waals surface area (Å²) in [5, 5.41) is 7.68. The second-order valence-electron chi connectivity index (χ2n) is 3.67. The van der Waals surface area contributed by atoms with Crippen molar-refractivity contribution < 1.29 is 4.42 Å². The van der Waals surface area contributed by atoms with Crippen LogP contribution in [0.15, 0.2) is 4.42 Å². The molecule has 0 spiro atoms. The first-order valence-corrected chi connectivity index (χ1v) is 6.55. The number of hydrogen-bond acceptors (Lipinski definition) is 5. The minimum Gasteiger partial charge on any atom is -0.406 e. The number of hydrogen-bond donors (Lipinski definition) is 0. The Morgan fingerprint density at radius 3 is 2.93 bits per heavy atom. The molecule has 0 N–H and O–H groups in total. The van der Waals surface area contributed by atoms with Crippen LogP contribution >= 0.6 is 23.4 Å². The van der Waals surface area contributed by atoms with E-state index in [0.29, 0.717) is 17.9 Å². The molecule has 2 rings (SSSR count). The molecule has 2 atom stereocenters. The summed E-state index contributed by atoms with van der Waals surface area (Å²) < 4.78 is 5.48. The van der Waals surface area contributed by atoms with E-state index < -0.39 is 0 Å². The molecule has 1 aromatic heterocycles. The summed E-state index contributed by atoms with van der Waals surface area (Å²) in [5.74, 6) is 2.83. The smallest absolute Gasteiger partial charge is 0.318 e. The lowest BCUT2D eigenvalue weighted by Crippen LogP contribution is -2.31. The summed E-state index contributed by atoms with van der Waals surface area (Å²) in [6, 6.07) is 1.08. The van der Waals surface area contributed by atoms with Gasteiger partial charge in [0.1, 0.15) is 5.38 Å². The third kappa shape index (κ3) is 2.39. The molecule has 0 bridgehead atoms. The van der Waals surface area contributed by atoms with E-state index in [-0.39, 0.29) is 5.38 Å². The Labute approximate surface area is 98.4 Å². The lowest BCUT2D eigenvalue weighted by Gasteiger charge is -2.20. The molecule has 0 amide bonds. The molecule has 1 aliphatic rings. The number of rotatable bonds is 3. The standard InChI is InChI=1S/C9H14ClN3OS/c1-6(10)8-11-12-9(14-8)13(2)7-3-4-15-5-7/h6-7H,3-5H2,1-2H3. The van der Waals surface area contributed by atoms with Crippen molar-refractivity contribution in [1.82, 2.24) is 10.2 Å². The fraction of sp³-hybridized carbons (Fsp3) is 0.778. The number of nitrogens with zero attached hydrogens (tertiary/aromatic N) is 3. The topological polar surface area (TPSA) is 42.2 Å². The van der Waals surface area contributed by atoms with Crippen LogP contribution in [0.4, 0.5) is 6.01 Å². The van der Waals surface area contributed by atoms with E-state index in [1.54, 1.807) is 0 Å². The monoisotopic (exact) mass is 247 g/mol. The van der Waals surface area contributed by atoms with E-state index in [4.69, 9.17) is 16.0 Å². The Balaban J connectivity index is 2.07. The molecule has 1 aromatic rings. The molecule has 1 saturated heterocycles. The molecule has 84 valence electrons. The van der Waals surface area contributed by atoms with Crippen LogP contribution in [0.5, 0.6) is 0 Å². The first-order valence-electron chi connectivity index (χ1n) is 4.96. The summed E-state index contributed by atoms with van der Waals surface area (Å²) in [4.78, 5) is 2.05. The third-order valence-electron chi connectivity index (χ3n) is 2.53. The summed E-state index contributed by atoms with van der Waals surface area (Å²) in [7, 11) is 1.99. The Morgan fingerprint density at radius 2 is 2.40 bits per heavy atom. The molecular formula is C9H14ClN3OS. The van der Waals surface area contributed by atoms with Gasteiger partial charge in [-0.2, -0.15) is 11.8 Å². The fourth-order valence-electron chi connectivity index (χ4n) is 1.51. The Hall–Kier alpha value is -0.420. The van der Waals surface area contributed by atoms with E-state index in [1.807, 2.05) is 25.7 Å². The highest BCUT2D eigenvalue weighted by Gasteiger charge is 2.24. The second-order valence-corrected chi connectivity index (χ2v) is 5.47. The van der Waals surface area contributed by atoms with E-state index in [2.05, 4.69) is 15.1 Å². The third-order valence-corrected chi connectivity index (χ3v) is 3.86. The van der Waals surface area contributed by atoms with Crippen molar-refractivity contribution in [3.63, 3.8) is 0 Å². The molecule has 2 heterocycles. The molecule has 4 nitrogen and oxygen atoms in total. The van der Waals surface area contributed by atoms with Gasteiger partial charge in [0.25, 0.3) is 0 Å². The minimum atomic E-state index is -0.224. The van der Waals surface area contributed by atoms with E-state index in [0.717, 1.165) is 5.75 Å². The maximum absolute atomic E-state index is 5.86. The van der Waals surface area contributed by atoms with Gasteiger partial charge in [-0.05, 0) is 19.1 Å². The first-order chi connectivity index (χ1) is 7.18. The van der Waals surface area contributed by atoms with Gasteiger partial charge in [-0.1, -0.05) is 5.10 Å². The van der Waals surface area contributed by atoms with Crippen molar-refractivity contribution in [2.45, 2.75) is 24.8 Å². The number of anilines is 1. The molecule has 0 aliphatic carbocycles.